The number of halogens is 1. The number of nitrogens with zero attached hydrogens (tertiary/aromatic N) is 2. The van der Waals surface area contributed by atoms with Gasteiger partial charge in [0.2, 0.25) is 0 Å². The minimum absolute atomic E-state index is 0. The van der Waals surface area contributed by atoms with Crippen LogP contribution in [-0.2, 0) is 22.6 Å². The number of guanidine groups is 1. The number of rotatable bonds is 5. The minimum Gasteiger partial charge on any atom is -0.392 e. The molecule has 1 aromatic rings. The Labute approximate surface area is 173 Å². The quantitative estimate of drug-likeness (QED) is 0.388. The van der Waals surface area contributed by atoms with Gasteiger partial charge in [0.1, 0.15) is 6.10 Å². The molecule has 2 fully saturated rings. The minimum atomic E-state index is 0. The summed E-state index contributed by atoms with van der Waals surface area (Å²) in [6.07, 6.45) is 2.53. The Hall–Kier alpha value is -0.900. The first kappa shape index (κ1) is 21.4. The molecule has 0 saturated carbocycles. The molecule has 6 nitrogen and oxygen atoms in total. The number of morpholine rings is 1. The van der Waals surface area contributed by atoms with Crippen LogP contribution < -0.4 is 5.32 Å². The summed E-state index contributed by atoms with van der Waals surface area (Å²) in [5.41, 5.74) is 1.99. The number of ether oxygens (including phenoxy) is 2. The van der Waals surface area contributed by atoms with Crippen LogP contribution in [0.5, 0.6) is 0 Å². The second-order valence-electron chi connectivity index (χ2n) is 6.50. The van der Waals surface area contributed by atoms with Gasteiger partial charge in [-0.3, -0.25) is 0 Å². The molecule has 7 heteroatoms. The van der Waals surface area contributed by atoms with Gasteiger partial charge in [-0.05, 0) is 30.9 Å². The fourth-order valence-corrected chi connectivity index (χ4v) is 3.44. The maximum Gasteiger partial charge on any atom is 0.194 e. The van der Waals surface area contributed by atoms with Crippen LogP contribution in [0.2, 0.25) is 0 Å². The summed E-state index contributed by atoms with van der Waals surface area (Å²) in [7, 11) is 0. The fourth-order valence-electron chi connectivity index (χ4n) is 3.44. The van der Waals surface area contributed by atoms with Crippen molar-refractivity contribution in [2.45, 2.75) is 45.1 Å². The maximum absolute atomic E-state index is 9.49. The largest absolute Gasteiger partial charge is 0.392 e. The van der Waals surface area contributed by atoms with Crippen LogP contribution in [-0.4, -0.2) is 61.0 Å². The molecule has 0 amide bonds. The number of aliphatic hydroxyl groups is 1. The van der Waals surface area contributed by atoms with Crippen molar-refractivity contribution >= 4 is 29.9 Å². The van der Waals surface area contributed by atoms with E-state index in [4.69, 9.17) is 14.5 Å². The van der Waals surface area contributed by atoms with E-state index in [-0.39, 0.29) is 42.8 Å². The van der Waals surface area contributed by atoms with Crippen LogP contribution in [0.3, 0.4) is 0 Å². The van der Waals surface area contributed by atoms with Gasteiger partial charge in [0.05, 0.1) is 25.9 Å². The van der Waals surface area contributed by atoms with E-state index in [0.717, 1.165) is 56.2 Å². The SMILES string of the molecule is CCNC(=NCc1ccccc1CO)N1CCOC(C2CCCO2)C1.I. The van der Waals surface area contributed by atoms with E-state index < -0.39 is 0 Å². The van der Waals surface area contributed by atoms with Crippen molar-refractivity contribution < 1.29 is 14.6 Å². The molecule has 2 N–H and O–H groups in total. The van der Waals surface area contributed by atoms with Crippen LogP contribution in [0.4, 0.5) is 0 Å². The van der Waals surface area contributed by atoms with Crippen molar-refractivity contribution in [2.24, 2.45) is 4.99 Å². The van der Waals surface area contributed by atoms with Gasteiger partial charge in [-0.2, -0.15) is 0 Å². The first-order valence-corrected chi connectivity index (χ1v) is 9.26. The second kappa shape index (κ2) is 11.1. The van der Waals surface area contributed by atoms with E-state index in [9.17, 15) is 5.11 Å². The van der Waals surface area contributed by atoms with E-state index in [1.54, 1.807) is 0 Å². The molecule has 2 unspecified atom stereocenters. The van der Waals surface area contributed by atoms with Crippen LogP contribution in [0.15, 0.2) is 29.3 Å². The van der Waals surface area contributed by atoms with Crippen LogP contribution >= 0.6 is 24.0 Å². The molecule has 2 atom stereocenters. The maximum atomic E-state index is 9.49. The lowest BCUT2D eigenvalue weighted by molar-refractivity contribution is -0.0817. The molecule has 3 rings (SSSR count). The fraction of sp³-hybridized carbons (Fsp3) is 0.632. The molecule has 26 heavy (non-hydrogen) atoms. The highest BCUT2D eigenvalue weighted by molar-refractivity contribution is 14.0. The van der Waals surface area contributed by atoms with Crippen molar-refractivity contribution in [2.75, 3.05) is 32.8 Å². The van der Waals surface area contributed by atoms with Gasteiger partial charge in [0, 0.05) is 26.2 Å². The number of aliphatic hydroxyl groups excluding tert-OH is 1. The third kappa shape index (κ3) is 5.55. The molecule has 0 spiro atoms. The van der Waals surface area contributed by atoms with Gasteiger partial charge in [-0.15, -0.1) is 24.0 Å². The molecule has 0 aliphatic carbocycles. The second-order valence-corrected chi connectivity index (χ2v) is 6.50. The summed E-state index contributed by atoms with van der Waals surface area (Å²) in [4.78, 5) is 7.07. The molecule has 2 heterocycles. The normalized spacial score (nSPS) is 23.6. The van der Waals surface area contributed by atoms with E-state index in [2.05, 4.69) is 17.1 Å². The zero-order chi connectivity index (χ0) is 17.5. The van der Waals surface area contributed by atoms with Gasteiger partial charge in [0.15, 0.2) is 5.96 Å². The molecular formula is C19H30IN3O3. The summed E-state index contributed by atoms with van der Waals surface area (Å²) < 4.78 is 11.7. The van der Waals surface area contributed by atoms with Gasteiger partial charge in [-0.25, -0.2) is 4.99 Å². The lowest BCUT2D eigenvalue weighted by atomic mass is 10.1. The summed E-state index contributed by atoms with van der Waals surface area (Å²) in [6.45, 7) is 6.67. The number of hydrogen-bond acceptors (Lipinski definition) is 4. The Balaban J connectivity index is 0.00000243. The lowest BCUT2D eigenvalue weighted by Gasteiger charge is -2.37. The van der Waals surface area contributed by atoms with E-state index in [1.165, 1.54) is 0 Å². The Kier molecular flexibility index (Phi) is 9.10. The molecule has 2 saturated heterocycles. The van der Waals surface area contributed by atoms with Crippen molar-refractivity contribution in [1.82, 2.24) is 10.2 Å². The Morgan fingerprint density at radius 1 is 1.23 bits per heavy atom. The van der Waals surface area contributed by atoms with E-state index >= 15 is 0 Å². The average Bonchev–Trinajstić information content (AvgIpc) is 3.20. The van der Waals surface area contributed by atoms with E-state index in [0.29, 0.717) is 13.2 Å². The molecule has 2 aliphatic heterocycles. The summed E-state index contributed by atoms with van der Waals surface area (Å²) in [5, 5.41) is 12.9. The number of hydrogen-bond donors (Lipinski definition) is 2. The Bertz CT molecular complexity index is 579. The van der Waals surface area contributed by atoms with Crippen LogP contribution in [0.25, 0.3) is 0 Å². The highest BCUT2D eigenvalue weighted by atomic mass is 127. The Morgan fingerprint density at radius 3 is 2.69 bits per heavy atom. The third-order valence-electron chi connectivity index (χ3n) is 4.80. The van der Waals surface area contributed by atoms with Gasteiger partial charge in [0.25, 0.3) is 0 Å². The molecule has 0 aromatic heterocycles. The summed E-state index contributed by atoms with van der Waals surface area (Å²) in [5.74, 6) is 0.904. The van der Waals surface area contributed by atoms with Crippen molar-refractivity contribution in [3.63, 3.8) is 0 Å². The van der Waals surface area contributed by atoms with Gasteiger partial charge < -0.3 is 24.8 Å². The first-order chi connectivity index (χ1) is 12.3. The van der Waals surface area contributed by atoms with Gasteiger partial charge >= 0.3 is 0 Å². The zero-order valence-electron chi connectivity index (χ0n) is 15.4. The lowest BCUT2D eigenvalue weighted by Crippen LogP contribution is -2.53. The summed E-state index contributed by atoms with van der Waals surface area (Å²) in [6, 6.07) is 7.89. The molecule has 0 bridgehead atoms. The number of nitrogens with one attached hydrogen (secondary N) is 1. The standard InChI is InChI=1S/C19H29N3O3.HI/c1-2-20-19(21-12-15-6-3-4-7-16(15)14-23)22-9-11-25-18(13-22)17-8-5-10-24-17;/h3-4,6-7,17-18,23H,2,5,8-14H2,1H3,(H,20,21);1H. The van der Waals surface area contributed by atoms with Crippen molar-refractivity contribution in [3.8, 4) is 0 Å². The van der Waals surface area contributed by atoms with Crippen molar-refractivity contribution in [1.29, 1.82) is 0 Å². The van der Waals surface area contributed by atoms with E-state index in [1.807, 2.05) is 24.3 Å². The molecule has 0 radical (unpaired) electrons. The smallest absolute Gasteiger partial charge is 0.194 e. The summed E-state index contributed by atoms with van der Waals surface area (Å²) >= 11 is 0. The number of aliphatic imine (C=N–C) groups is 1. The average molecular weight is 475 g/mol. The first-order valence-electron chi connectivity index (χ1n) is 9.26. The predicted octanol–water partition coefficient (Wildman–Crippen LogP) is 2.14. The molecule has 146 valence electrons. The number of benzene rings is 1. The highest BCUT2D eigenvalue weighted by Crippen LogP contribution is 2.21. The van der Waals surface area contributed by atoms with Crippen LogP contribution in [0.1, 0.15) is 30.9 Å². The monoisotopic (exact) mass is 475 g/mol. The zero-order valence-corrected chi connectivity index (χ0v) is 17.7. The third-order valence-corrected chi connectivity index (χ3v) is 4.80. The Morgan fingerprint density at radius 2 is 2.00 bits per heavy atom. The van der Waals surface area contributed by atoms with Gasteiger partial charge in [-0.1, -0.05) is 24.3 Å². The molecule has 1 aromatic carbocycles. The molecular weight excluding hydrogens is 445 g/mol. The highest BCUT2D eigenvalue weighted by Gasteiger charge is 2.32. The van der Waals surface area contributed by atoms with Crippen molar-refractivity contribution in [3.05, 3.63) is 35.4 Å². The molecule has 2 aliphatic rings. The topological polar surface area (TPSA) is 66.3 Å². The predicted molar refractivity (Wildman–Crippen MR) is 113 cm³/mol. The van der Waals surface area contributed by atoms with Crippen LogP contribution in [0, 0.1) is 0 Å².